The van der Waals surface area contributed by atoms with Gasteiger partial charge in [-0.1, -0.05) is 30.3 Å². The average molecular weight is 377 g/mol. The van der Waals surface area contributed by atoms with Crippen LogP contribution in [0.4, 0.5) is 4.79 Å². The van der Waals surface area contributed by atoms with Crippen molar-refractivity contribution in [3.8, 4) is 0 Å². The van der Waals surface area contributed by atoms with E-state index in [1.54, 1.807) is 20.8 Å². The van der Waals surface area contributed by atoms with Crippen molar-refractivity contribution in [1.29, 1.82) is 0 Å². The van der Waals surface area contributed by atoms with Crippen molar-refractivity contribution >= 4 is 12.1 Å². The van der Waals surface area contributed by atoms with Crippen LogP contribution in [0.15, 0.2) is 30.3 Å². The third-order valence-electron chi connectivity index (χ3n) is 5.09. The first-order valence-corrected chi connectivity index (χ1v) is 9.23. The summed E-state index contributed by atoms with van der Waals surface area (Å²) in [6.45, 7) is 5.65. The average Bonchev–Trinajstić information content (AvgIpc) is 2.62. The van der Waals surface area contributed by atoms with Crippen molar-refractivity contribution < 1.29 is 29.3 Å². The van der Waals surface area contributed by atoms with E-state index in [0.29, 0.717) is 6.42 Å². The molecule has 2 aliphatic heterocycles. The number of carbonyl (C=O) groups excluding carboxylic acids is 2. The van der Waals surface area contributed by atoms with E-state index in [9.17, 15) is 19.8 Å². The molecule has 2 N–H and O–H groups in total. The number of fused-ring (bicyclic) bond motifs is 3. The molecule has 0 aromatic heterocycles. The number of nitrogens with zero attached hydrogens (tertiary/aromatic N) is 1. The monoisotopic (exact) mass is 377 g/mol. The molecule has 2 saturated heterocycles. The maximum absolute atomic E-state index is 12.6. The van der Waals surface area contributed by atoms with Gasteiger partial charge in [0.2, 0.25) is 0 Å². The van der Waals surface area contributed by atoms with Gasteiger partial charge in [-0.3, -0.25) is 4.79 Å². The first-order valence-electron chi connectivity index (χ1n) is 9.23. The van der Waals surface area contributed by atoms with Crippen LogP contribution in [0, 0.1) is 11.8 Å². The molecule has 4 rings (SSSR count). The van der Waals surface area contributed by atoms with Crippen molar-refractivity contribution in [3.63, 3.8) is 0 Å². The topological polar surface area (TPSA) is 96.3 Å². The molecule has 7 heteroatoms. The van der Waals surface area contributed by atoms with Gasteiger partial charge in [-0.15, -0.1) is 0 Å². The number of rotatable bonds is 3. The lowest BCUT2D eigenvalue weighted by molar-refractivity contribution is -0.187. The van der Waals surface area contributed by atoms with Gasteiger partial charge in [0.15, 0.2) is 0 Å². The summed E-state index contributed by atoms with van der Waals surface area (Å²) in [4.78, 5) is 26.6. The molecule has 27 heavy (non-hydrogen) atoms. The lowest BCUT2D eigenvalue weighted by Gasteiger charge is -2.53. The molecule has 0 unspecified atom stereocenters. The number of ether oxygens (including phenoxy) is 2. The Morgan fingerprint density at radius 1 is 1.15 bits per heavy atom. The predicted molar refractivity (Wildman–Crippen MR) is 96.6 cm³/mol. The molecule has 1 aromatic carbocycles. The second-order valence-corrected chi connectivity index (χ2v) is 8.30. The fourth-order valence-corrected chi connectivity index (χ4v) is 3.89. The Kier molecular flexibility index (Phi) is 5.44. The van der Waals surface area contributed by atoms with Crippen LogP contribution in [0.1, 0.15) is 32.8 Å². The highest BCUT2D eigenvalue weighted by molar-refractivity contribution is 5.77. The number of benzene rings is 1. The van der Waals surface area contributed by atoms with E-state index in [1.807, 2.05) is 30.3 Å². The summed E-state index contributed by atoms with van der Waals surface area (Å²) in [7, 11) is 0. The Morgan fingerprint density at radius 2 is 1.81 bits per heavy atom. The SMILES string of the molecule is CC(C)(C)OC(=O)[C@@H]1C[C@H]2CN(C(=O)OCc3ccccc3)[C@@H]1[C@H](O)[C@@H]2O. The Hall–Kier alpha value is -2.12. The van der Waals surface area contributed by atoms with Crippen LogP contribution in [0.2, 0.25) is 0 Å². The number of hydrogen-bond donors (Lipinski definition) is 2. The standard InChI is InChI=1S/C20H27NO6/c1-20(2,3)27-18(24)14-9-13-10-21(15(14)17(23)16(13)22)19(25)26-11-12-7-5-4-6-8-12/h4-8,13-17,22-23H,9-11H2,1-3H3/t13-,14+,15-,16+,17-/m0/s1. The van der Waals surface area contributed by atoms with Crippen molar-refractivity contribution in [2.75, 3.05) is 6.54 Å². The van der Waals surface area contributed by atoms with E-state index in [4.69, 9.17) is 9.47 Å². The number of carbonyl (C=O) groups is 2. The maximum atomic E-state index is 12.6. The van der Waals surface area contributed by atoms with Crippen molar-refractivity contribution in [1.82, 2.24) is 4.90 Å². The summed E-state index contributed by atoms with van der Waals surface area (Å²) in [5.41, 5.74) is 0.174. The summed E-state index contributed by atoms with van der Waals surface area (Å²) in [5, 5.41) is 20.7. The van der Waals surface area contributed by atoms with Crippen LogP contribution in [-0.4, -0.2) is 57.6 Å². The highest BCUT2D eigenvalue weighted by Crippen LogP contribution is 2.41. The van der Waals surface area contributed by atoms with Crippen molar-refractivity contribution in [3.05, 3.63) is 35.9 Å². The number of hydrogen-bond acceptors (Lipinski definition) is 6. The molecule has 0 spiro atoms. The van der Waals surface area contributed by atoms with Gasteiger partial charge >= 0.3 is 12.1 Å². The Balaban J connectivity index is 1.73. The fraction of sp³-hybridized carbons (Fsp3) is 0.600. The molecular formula is C20H27NO6. The van der Waals surface area contributed by atoms with Crippen LogP contribution < -0.4 is 0 Å². The first kappa shape index (κ1) is 19.6. The predicted octanol–water partition coefficient (Wildman–Crippen LogP) is 1.71. The second kappa shape index (κ2) is 7.48. The molecule has 3 fully saturated rings. The highest BCUT2D eigenvalue weighted by atomic mass is 16.6. The van der Waals surface area contributed by atoms with Crippen molar-refractivity contribution in [2.24, 2.45) is 11.8 Å². The Labute approximate surface area is 158 Å². The second-order valence-electron chi connectivity index (χ2n) is 8.30. The third kappa shape index (κ3) is 4.25. The number of esters is 1. The third-order valence-corrected chi connectivity index (χ3v) is 5.09. The zero-order valence-electron chi connectivity index (χ0n) is 15.9. The quantitative estimate of drug-likeness (QED) is 0.779. The molecule has 1 aliphatic carbocycles. The largest absolute Gasteiger partial charge is 0.460 e. The first-order chi connectivity index (χ1) is 12.7. The summed E-state index contributed by atoms with van der Waals surface area (Å²) in [5.74, 6) is -1.55. The fourth-order valence-electron chi connectivity index (χ4n) is 3.89. The molecule has 1 amide bonds. The van der Waals surface area contributed by atoms with Crippen LogP contribution in [0.25, 0.3) is 0 Å². The van der Waals surface area contributed by atoms with Crippen LogP contribution in [0.3, 0.4) is 0 Å². The summed E-state index contributed by atoms with van der Waals surface area (Å²) in [6.07, 6.45) is -2.40. The van der Waals surface area contributed by atoms with Gasteiger partial charge in [-0.05, 0) is 32.8 Å². The molecule has 2 heterocycles. The molecule has 2 bridgehead atoms. The van der Waals surface area contributed by atoms with E-state index >= 15 is 0 Å². The molecule has 5 atom stereocenters. The molecular weight excluding hydrogens is 350 g/mol. The number of aliphatic hydroxyl groups excluding tert-OH is 2. The van der Waals surface area contributed by atoms with Gasteiger partial charge in [0, 0.05) is 12.5 Å². The summed E-state index contributed by atoms with van der Waals surface area (Å²) < 4.78 is 10.8. The van der Waals surface area contributed by atoms with E-state index < -0.39 is 47.7 Å². The maximum Gasteiger partial charge on any atom is 0.410 e. The van der Waals surface area contributed by atoms with Gasteiger partial charge in [0.1, 0.15) is 18.3 Å². The number of aliphatic hydroxyl groups is 2. The molecule has 3 aliphatic rings. The minimum absolute atomic E-state index is 0.101. The smallest absolute Gasteiger partial charge is 0.410 e. The Morgan fingerprint density at radius 3 is 2.41 bits per heavy atom. The molecule has 148 valence electrons. The summed E-state index contributed by atoms with van der Waals surface area (Å²) in [6, 6.07) is 8.41. The van der Waals surface area contributed by atoms with E-state index in [0.717, 1.165) is 5.56 Å². The zero-order chi connectivity index (χ0) is 19.8. The molecule has 1 aromatic rings. The van der Waals surface area contributed by atoms with Crippen LogP contribution in [-0.2, 0) is 20.9 Å². The minimum Gasteiger partial charge on any atom is -0.460 e. The number of amides is 1. The van der Waals surface area contributed by atoms with Gasteiger partial charge in [-0.25, -0.2) is 4.79 Å². The summed E-state index contributed by atoms with van der Waals surface area (Å²) >= 11 is 0. The highest BCUT2D eigenvalue weighted by Gasteiger charge is 2.56. The number of piperidine rings is 2. The lowest BCUT2D eigenvalue weighted by Crippen LogP contribution is -2.69. The van der Waals surface area contributed by atoms with Gasteiger partial charge < -0.3 is 24.6 Å². The van der Waals surface area contributed by atoms with Crippen LogP contribution in [0.5, 0.6) is 0 Å². The molecule has 1 saturated carbocycles. The Bertz CT molecular complexity index is 683. The van der Waals surface area contributed by atoms with Gasteiger partial charge in [0.25, 0.3) is 0 Å². The minimum atomic E-state index is -1.21. The lowest BCUT2D eigenvalue weighted by atomic mass is 9.69. The van der Waals surface area contributed by atoms with E-state index in [1.165, 1.54) is 4.90 Å². The van der Waals surface area contributed by atoms with Gasteiger partial charge in [-0.2, -0.15) is 0 Å². The normalized spacial score (nSPS) is 30.1. The van der Waals surface area contributed by atoms with E-state index in [2.05, 4.69) is 0 Å². The molecule has 0 radical (unpaired) electrons. The van der Waals surface area contributed by atoms with Crippen LogP contribution >= 0.6 is 0 Å². The van der Waals surface area contributed by atoms with Gasteiger partial charge in [0.05, 0.1) is 18.1 Å². The molecule has 7 nitrogen and oxygen atoms in total. The van der Waals surface area contributed by atoms with E-state index in [-0.39, 0.29) is 13.2 Å². The zero-order valence-corrected chi connectivity index (χ0v) is 15.9. The van der Waals surface area contributed by atoms with Crippen molar-refractivity contribution in [2.45, 2.75) is 57.6 Å².